The minimum Gasteiger partial charge on any atom is -0.466 e. The summed E-state index contributed by atoms with van der Waals surface area (Å²) in [6, 6.07) is 0. The molecule has 0 saturated carbocycles. The van der Waals surface area contributed by atoms with Gasteiger partial charge in [0.25, 0.3) is 0 Å². The fourth-order valence-corrected chi connectivity index (χ4v) is 7.11. The van der Waals surface area contributed by atoms with Crippen LogP contribution in [0.15, 0.2) is 0 Å². The number of aliphatic hydroxyl groups excluding tert-OH is 1. The van der Waals surface area contributed by atoms with Crippen LogP contribution >= 0.6 is 0 Å². The number of rotatable bonds is 40. The van der Waals surface area contributed by atoms with E-state index in [0.717, 1.165) is 83.3 Å². The van der Waals surface area contributed by atoms with Gasteiger partial charge in [-0.15, -0.1) is 0 Å². The van der Waals surface area contributed by atoms with Gasteiger partial charge in [-0.3, -0.25) is 9.59 Å². The van der Waals surface area contributed by atoms with Gasteiger partial charge in [-0.2, -0.15) is 0 Å². The summed E-state index contributed by atoms with van der Waals surface area (Å²) in [4.78, 5) is 27.1. The first kappa shape index (κ1) is 49.9. The van der Waals surface area contributed by atoms with Crippen LogP contribution in [0.4, 0.5) is 0 Å². The van der Waals surface area contributed by atoms with Crippen LogP contribution in [0.25, 0.3) is 0 Å². The van der Waals surface area contributed by atoms with E-state index in [0.29, 0.717) is 26.1 Å². The van der Waals surface area contributed by atoms with Crippen molar-refractivity contribution in [2.75, 3.05) is 39.5 Å². The van der Waals surface area contributed by atoms with E-state index in [1.54, 1.807) is 0 Å². The normalized spacial score (nSPS) is 11.9. The van der Waals surface area contributed by atoms with E-state index in [-0.39, 0.29) is 24.0 Å². The summed E-state index contributed by atoms with van der Waals surface area (Å²) in [6.45, 7) is 15.9. The van der Waals surface area contributed by atoms with Crippen LogP contribution in [0.2, 0.25) is 0 Å². The maximum absolute atomic E-state index is 12.3. The lowest BCUT2D eigenvalue weighted by atomic mass is 9.88. The summed E-state index contributed by atoms with van der Waals surface area (Å²) in [7, 11) is 0. The second-order valence-corrected chi connectivity index (χ2v) is 16.5. The highest BCUT2D eigenvalue weighted by Gasteiger charge is 2.20. The molecule has 0 saturated heterocycles. The van der Waals surface area contributed by atoms with Crippen molar-refractivity contribution >= 4 is 11.9 Å². The van der Waals surface area contributed by atoms with Gasteiger partial charge in [-0.25, -0.2) is 0 Å². The van der Waals surface area contributed by atoms with Crippen molar-refractivity contribution in [1.82, 2.24) is 4.90 Å². The number of unbranched alkanes of at least 4 members (excludes halogenated alkanes) is 17. The molecule has 0 fully saturated rings. The number of ether oxygens (including phenoxy) is 2. The highest BCUT2D eigenvalue weighted by Crippen LogP contribution is 2.25. The Morgan fingerprint density at radius 1 is 0.529 bits per heavy atom. The molecule has 0 aromatic carbocycles. The van der Waals surface area contributed by atoms with Crippen LogP contribution in [0, 0.1) is 11.3 Å². The van der Waals surface area contributed by atoms with Crippen LogP contribution in [-0.2, 0) is 19.1 Å². The van der Waals surface area contributed by atoms with Crippen LogP contribution in [-0.4, -0.2) is 61.4 Å². The van der Waals surface area contributed by atoms with Crippen LogP contribution in [0.5, 0.6) is 0 Å². The third kappa shape index (κ3) is 35.6. The molecule has 0 bridgehead atoms. The Balaban J connectivity index is 4.06. The molecular formula is C45H89NO5. The van der Waals surface area contributed by atoms with Crippen molar-refractivity contribution in [3.8, 4) is 0 Å². The molecule has 304 valence electrons. The molecule has 0 heterocycles. The highest BCUT2D eigenvalue weighted by molar-refractivity contribution is 5.69. The molecular weight excluding hydrogens is 634 g/mol. The monoisotopic (exact) mass is 724 g/mol. The Bertz CT molecular complexity index is 747. The molecule has 0 unspecified atom stereocenters. The second kappa shape index (κ2) is 37.2. The highest BCUT2D eigenvalue weighted by atomic mass is 16.5. The molecule has 0 atom stereocenters. The number of hydrogen-bond donors (Lipinski definition) is 1. The van der Waals surface area contributed by atoms with Gasteiger partial charge in [-0.05, 0) is 88.8 Å². The molecule has 0 aliphatic carbocycles. The lowest BCUT2D eigenvalue weighted by Crippen LogP contribution is -2.27. The van der Waals surface area contributed by atoms with Crippen LogP contribution < -0.4 is 0 Å². The third-order valence-electron chi connectivity index (χ3n) is 10.6. The van der Waals surface area contributed by atoms with E-state index in [1.165, 1.54) is 122 Å². The van der Waals surface area contributed by atoms with Crippen molar-refractivity contribution in [3.63, 3.8) is 0 Å². The van der Waals surface area contributed by atoms with Gasteiger partial charge in [0, 0.05) is 19.4 Å². The Kier molecular flexibility index (Phi) is 36.4. The van der Waals surface area contributed by atoms with Crippen molar-refractivity contribution in [2.45, 2.75) is 227 Å². The summed E-state index contributed by atoms with van der Waals surface area (Å²) in [5.74, 6) is 0.762. The Labute approximate surface area is 318 Å². The van der Waals surface area contributed by atoms with E-state index in [4.69, 9.17) is 9.47 Å². The fourth-order valence-electron chi connectivity index (χ4n) is 7.11. The summed E-state index contributed by atoms with van der Waals surface area (Å²) in [6.07, 6.45) is 34.6. The van der Waals surface area contributed by atoms with E-state index < -0.39 is 0 Å². The van der Waals surface area contributed by atoms with Crippen molar-refractivity contribution in [1.29, 1.82) is 0 Å². The molecule has 0 aliphatic heterocycles. The van der Waals surface area contributed by atoms with E-state index in [9.17, 15) is 14.7 Å². The molecule has 1 N–H and O–H groups in total. The number of hydrogen-bond acceptors (Lipinski definition) is 6. The largest absolute Gasteiger partial charge is 0.466 e. The molecule has 0 spiro atoms. The Morgan fingerprint density at radius 2 is 0.961 bits per heavy atom. The van der Waals surface area contributed by atoms with Gasteiger partial charge >= 0.3 is 11.9 Å². The van der Waals surface area contributed by atoms with Crippen LogP contribution in [0.3, 0.4) is 0 Å². The first-order valence-electron chi connectivity index (χ1n) is 22.4. The number of carbonyl (C=O) groups excluding carboxylic acids is 2. The minimum absolute atomic E-state index is 0.0122. The van der Waals surface area contributed by atoms with Crippen molar-refractivity contribution in [2.24, 2.45) is 11.3 Å². The minimum atomic E-state index is -0.0299. The summed E-state index contributed by atoms with van der Waals surface area (Å²) in [5, 5.41) is 9.28. The predicted molar refractivity (Wildman–Crippen MR) is 218 cm³/mol. The maximum atomic E-state index is 12.3. The van der Waals surface area contributed by atoms with Gasteiger partial charge in [0.1, 0.15) is 0 Å². The zero-order chi connectivity index (χ0) is 37.7. The molecule has 0 radical (unpaired) electrons. The predicted octanol–water partition coefficient (Wildman–Crippen LogP) is 12.8. The SMILES string of the molecule is CCCCCCCCCC(=O)OCC(C)(C)CCCCCN(CCCCO)CCCCCCCC(=O)OCCCC(CCCCC)CCCCC. The molecule has 0 aromatic heterocycles. The number of nitrogens with zero attached hydrogens (tertiary/aromatic N) is 1. The van der Waals surface area contributed by atoms with Crippen molar-refractivity contribution in [3.05, 3.63) is 0 Å². The maximum Gasteiger partial charge on any atom is 0.305 e. The average Bonchev–Trinajstić information content (AvgIpc) is 3.11. The molecule has 0 aromatic rings. The first-order chi connectivity index (χ1) is 24.8. The van der Waals surface area contributed by atoms with E-state index >= 15 is 0 Å². The summed E-state index contributed by atoms with van der Waals surface area (Å²) >= 11 is 0. The van der Waals surface area contributed by atoms with E-state index in [1.807, 2.05) is 0 Å². The third-order valence-corrected chi connectivity index (χ3v) is 10.6. The van der Waals surface area contributed by atoms with Gasteiger partial charge in [0.2, 0.25) is 0 Å². The van der Waals surface area contributed by atoms with Gasteiger partial charge < -0.3 is 19.5 Å². The second-order valence-electron chi connectivity index (χ2n) is 16.5. The Morgan fingerprint density at radius 3 is 1.51 bits per heavy atom. The molecule has 0 amide bonds. The van der Waals surface area contributed by atoms with Crippen LogP contribution in [0.1, 0.15) is 227 Å². The number of aliphatic hydroxyl groups is 1. The van der Waals surface area contributed by atoms with Gasteiger partial charge in [0.05, 0.1) is 13.2 Å². The molecule has 6 heteroatoms. The summed E-state index contributed by atoms with van der Waals surface area (Å²) < 4.78 is 11.2. The van der Waals surface area contributed by atoms with E-state index in [2.05, 4.69) is 39.5 Å². The molecule has 51 heavy (non-hydrogen) atoms. The van der Waals surface area contributed by atoms with Crippen molar-refractivity contribution < 1.29 is 24.2 Å². The quantitative estimate of drug-likeness (QED) is 0.0501. The summed E-state index contributed by atoms with van der Waals surface area (Å²) in [5.41, 5.74) is 0.0259. The lowest BCUT2D eigenvalue weighted by Gasteiger charge is -2.25. The standard InChI is InChI=1S/C45H89NO5/c1-6-9-12-13-14-16-23-34-44(49)51-41-45(4,5)35-24-19-26-37-46(38-27-28-39-47)36-25-18-15-17-22-33-43(48)50-40-29-32-42(30-20-10-7-2)31-21-11-8-3/h42,47H,6-41H2,1-5H3. The number of esters is 2. The molecule has 0 rings (SSSR count). The molecule has 0 aliphatic rings. The zero-order valence-electron chi connectivity index (χ0n) is 35.1. The average molecular weight is 724 g/mol. The topological polar surface area (TPSA) is 76.1 Å². The Hall–Kier alpha value is -1.14. The zero-order valence-corrected chi connectivity index (χ0v) is 35.1. The van der Waals surface area contributed by atoms with Gasteiger partial charge in [0.15, 0.2) is 0 Å². The smallest absolute Gasteiger partial charge is 0.305 e. The van der Waals surface area contributed by atoms with Gasteiger partial charge in [-0.1, -0.05) is 157 Å². The molecule has 6 nitrogen and oxygen atoms in total. The fraction of sp³-hybridized carbons (Fsp3) is 0.956. The lowest BCUT2D eigenvalue weighted by molar-refractivity contribution is -0.147. The first-order valence-corrected chi connectivity index (χ1v) is 22.4. The number of carbonyl (C=O) groups is 2.